The second-order valence-corrected chi connectivity index (χ2v) is 10.3. The third kappa shape index (κ3) is 5.83. The van der Waals surface area contributed by atoms with E-state index in [-0.39, 0.29) is 29.4 Å². The maximum Gasteiger partial charge on any atom is 0.416 e. The molecule has 191 valence electrons. The predicted octanol–water partition coefficient (Wildman–Crippen LogP) is 9.63. The molecule has 0 bridgehead atoms. The van der Waals surface area contributed by atoms with Gasteiger partial charge in [-0.3, -0.25) is 0 Å². The van der Waals surface area contributed by atoms with Gasteiger partial charge in [0.1, 0.15) is 11.5 Å². The lowest BCUT2D eigenvalue weighted by Crippen LogP contribution is -2.25. The van der Waals surface area contributed by atoms with Crippen LogP contribution in [0.2, 0.25) is 0 Å². The minimum Gasteiger partial charge on any atom is -0.457 e. The van der Waals surface area contributed by atoms with Crippen molar-refractivity contribution in [2.45, 2.75) is 90.1 Å². The van der Waals surface area contributed by atoms with Crippen LogP contribution in [0.15, 0.2) is 24.3 Å². The second kappa shape index (κ2) is 10.9. The topological polar surface area (TPSA) is 9.23 Å². The number of alkyl halides is 3. The number of halogens is 5. The molecule has 1 radical (unpaired) electrons. The third-order valence-corrected chi connectivity index (χ3v) is 8.29. The van der Waals surface area contributed by atoms with Crippen molar-refractivity contribution in [3.05, 3.63) is 58.7 Å². The number of rotatable bonds is 6. The lowest BCUT2D eigenvalue weighted by Gasteiger charge is -2.38. The van der Waals surface area contributed by atoms with Crippen molar-refractivity contribution in [3.63, 3.8) is 0 Å². The Morgan fingerprint density at radius 1 is 0.857 bits per heavy atom. The second-order valence-electron chi connectivity index (χ2n) is 10.3. The molecule has 0 N–H and O–H groups in total. The molecule has 2 aromatic rings. The highest BCUT2D eigenvalue weighted by molar-refractivity contribution is 5.47. The van der Waals surface area contributed by atoms with Crippen molar-refractivity contribution in [2.75, 3.05) is 0 Å². The summed E-state index contributed by atoms with van der Waals surface area (Å²) in [6.45, 7) is 3.98. The fourth-order valence-electron chi connectivity index (χ4n) is 6.12. The average molecular weight is 494 g/mol. The molecule has 0 unspecified atom stereocenters. The molecular formula is C29H34F5O. The van der Waals surface area contributed by atoms with Crippen LogP contribution in [0.3, 0.4) is 0 Å². The van der Waals surface area contributed by atoms with Crippen molar-refractivity contribution in [2.24, 2.45) is 17.8 Å². The summed E-state index contributed by atoms with van der Waals surface area (Å²) in [7, 11) is 0. The molecule has 0 heterocycles. The van der Waals surface area contributed by atoms with Gasteiger partial charge in [0.25, 0.3) is 0 Å². The minimum absolute atomic E-state index is 0.0110. The summed E-state index contributed by atoms with van der Waals surface area (Å²) in [5, 5.41) is 0. The maximum absolute atomic E-state index is 14.7. The predicted molar refractivity (Wildman–Crippen MR) is 127 cm³/mol. The highest BCUT2D eigenvalue weighted by Crippen LogP contribution is 2.47. The van der Waals surface area contributed by atoms with E-state index in [1.165, 1.54) is 44.2 Å². The molecule has 0 spiro atoms. The zero-order chi connectivity index (χ0) is 25.2. The van der Waals surface area contributed by atoms with Crippen molar-refractivity contribution >= 4 is 0 Å². The van der Waals surface area contributed by atoms with Crippen molar-refractivity contribution in [1.82, 2.24) is 0 Å². The van der Waals surface area contributed by atoms with Gasteiger partial charge in [-0.1, -0.05) is 33.1 Å². The molecule has 2 saturated carbocycles. The Labute approximate surface area is 205 Å². The van der Waals surface area contributed by atoms with Gasteiger partial charge in [-0.15, -0.1) is 0 Å². The van der Waals surface area contributed by atoms with Crippen LogP contribution in [0, 0.1) is 35.5 Å². The summed E-state index contributed by atoms with van der Waals surface area (Å²) < 4.78 is 73.9. The largest absolute Gasteiger partial charge is 0.457 e. The molecule has 2 aliphatic rings. The summed E-state index contributed by atoms with van der Waals surface area (Å²) in [5.41, 5.74) is -0.172. The summed E-state index contributed by atoms with van der Waals surface area (Å²) in [6, 6.07) is 6.91. The Hall–Kier alpha value is -2.11. The number of hydrogen-bond donors (Lipinski definition) is 0. The van der Waals surface area contributed by atoms with Crippen LogP contribution in [-0.2, 0) is 12.6 Å². The van der Waals surface area contributed by atoms with Crippen LogP contribution in [-0.4, -0.2) is 0 Å². The van der Waals surface area contributed by atoms with Gasteiger partial charge in [-0.2, -0.15) is 13.2 Å². The maximum atomic E-state index is 14.7. The molecule has 2 fully saturated rings. The molecule has 2 aromatic carbocycles. The lowest BCUT2D eigenvalue weighted by molar-refractivity contribution is -0.137. The normalized spacial score (nSPS) is 25.5. The van der Waals surface area contributed by atoms with Crippen LogP contribution in [0.25, 0.3) is 0 Å². The van der Waals surface area contributed by atoms with Crippen LogP contribution >= 0.6 is 0 Å². The first-order chi connectivity index (χ1) is 16.7. The molecule has 0 amide bonds. The quantitative estimate of drug-likeness (QED) is 0.364. The van der Waals surface area contributed by atoms with Crippen LogP contribution in [0.5, 0.6) is 11.5 Å². The Bertz CT molecular complexity index is 982. The first-order valence-corrected chi connectivity index (χ1v) is 13.0. The van der Waals surface area contributed by atoms with E-state index < -0.39 is 23.4 Å². The fraction of sp³-hybridized carbons (Fsp3) is 0.586. The van der Waals surface area contributed by atoms with E-state index in [1.807, 2.05) is 0 Å². The Kier molecular flexibility index (Phi) is 8.07. The summed E-state index contributed by atoms with van der Waals surface area (Å²) >= 11 is 0. The smallest absolute Gasteiger partial charge is 0.416 e. The first-order valence-electron chi connectivity index (χ1n) is 13.0. The van der Waals surface area contributed by atoms with Crippen molar-refractivity contribution < 1.29 is 26.7 Å². The Balaban J connectivity index is 1.53. The van der Waals surface area contributed by atoms with Crippen molar-refractivity contribution in [3.8, 4) is 11.5 Å². The number of ether oxygens (including phenoxy) is 1. The molecule has 0 atom stereocenters. The van der Waals surface area contributed by atoms with Gasteiger partial charge in [0.2, 0.25) is 0 Å². The third-order valence-electron chi connectivity index (χ3n) is 8.29. The van der Waals surface area contributed by atoms with E-state index in [0.717, 1.165) is 49.7 Å². The summed E-state index contributed by atoms with van der Waals surface area (Å²) in [6.07, 6.45) is 5.98. The van der Waals surface area contributed by atoms with Crippen LogP contribution < -0.4 is 4.74 Å². The monoisotopic (exact) mass is 493 g/mol. The summed E-state index contributed by atoms with van der Waals surface area (Å²) in [5.74, 6) is 0.616. The molecule has 2 aliphatic carbocycles. The van der Waals surface area contributed by atoms with E-state index in [2.05, 4.69) is 13.0 Å². The molecule has 1 nitrogen and oxygen atoms in total. The SMILES string of the molecule is CCc1c(F)c(F)[c]c([C@H]2CC[C@H]([C@H]3CC[C@H](CC)CC3)CC2)c1Oc1ccc(C(F)(F)F)cc1. The zero-order valence-electron chi connectivity index (χ0n) is 20.5. The summed E-state index contributed by atoms with van der Waals surface area (Å²) in [4.78, 5) is 0. The first kappa shape index (κ1) is 26.0. The van der Waals surface area contributed by atoms with E-state index in [0.29, 0.717) is 11.5 Å². The molecular weight excluding hydrogens is 459 g/mol. The van der Waals surface area contributed by atoms with E-state index in [9.17, 15) is 22.0 Å². The lowest BCUT2D eigenvalue weighted by atomic mass is 9.68. The molecule has 4 rings (SSSR count). The van der Waals surface area contributed by atoms with Crippen molar-refractivity contribution in [1.29, 1.82) is 0 Å². The van der Waals surface area contributed by atoms with Crippen LogP contribution in [0.4, 0.5) is 22.0 Å². The molecule has 0 aromatic heterocycles. The van der Waals surface area contributed by atoms with Gasteiger partial charge >= 0.3 is 6.18 Å². The Morgan fingerprint density at radius 2 is 1.43 bits per heavy atom. The Morgan fingerprint density at radius 3 is 1.94 bits per heavy atom. The minimum atomic E-state index is -4.46. The number of benzene rings is 2. The highest BCUT2D eigenvalue weighted by Gasteiger charge is 2.34. The zero-order valence-corrected chi connectivity index (χ0v) is 20.5. The van der Waals surface area contributed by atoms with Crippen LogP contribution in [0.1, 0.15) is 94.2 Å². The van der Waals surface area contributed by atoms with Gasteiger partial charge in [0.15, 0.2) is 11.6 Å². The van der Waals surface area contributed by atoms with Gasteiger partial charge in [-0.25, -0.2) is 8.78 Å². The van der Waals surface area contributed by atoms with Gasteiger partial charge in [0.05, 0.1) is 5.56 Å². The van der Waals surface area contributed by atoms with E-state index in [1.54, 1.807) is 6.92 Å². The van der Waals surface area contributed by atoms with Gasteiger partial charge in [0, 0.05) is 17.2 Å². The number of hydrogen-bond acceptors (Lipinski definition) is 1. The highest BCUT2D eigenvalue weighted by atomic mass is 19.4. The van der Waals surface area contributed by atoms with Gasteiger partial charge < -0.3 is 4.74 Å². The molecule has 0 saturated heterocycles. The fourth-order valence-corrected chi connectivity index (χ4v) is 6.12. The molecule has 35 heavy (non-hydrogen) atoms. The van der Waals surface area contributed by atoms with Gasteiger partial charge in [-0.05, 0) is 92.9 Å². The molecule has 6 heteroatoms. The van der Waals surface area contributed by atoms with E-state index in [4.69, 9.17) is 4.74 Å². The van der Waals surface area contributed by atoms with E-state index >= 15 is 0 Å². The molecule has 0 aliphatic heterocycles. The standard InChI is InChI=1S/C29H34F5O/c1-3-18-5-7-19(8-6-18)20-9-11-21(12-10-20)25-17-26(30)27(31)24(4-2)28(25)35-23-15-13-22(14-16-23)29(32,33)34/h13-16,18-21H,3-12H2,1-2H3/t18-,19-,20-,21-. The average Bonchev–Trinajstić information content (AvgIpc) is 2.86.